The molecule has 2 aromatic rings. The monoisotopic (exact) mass is 440 g/mol. The standard InChI is InChI=1S/C23H21ClN2O3S/c1-3-12(2)25-22(28)18-16-8-6-13-11-14(24)7-9-15(13)26(16)20(19(18)23(25)29)21(27)17-5-4-10-30-17/h4-12,16,18-20H,3H2,1-2H3/t12-,16-,18-,19+,20-/m0/s1. The zero-order valence-corrected chi connectivity index (χ0v) is 18.2. The number of fused-ring (bicyclic) bond motifs is 5. The Balaban J connectivity index is 1.66. The van der Waals surface area contributed by atoms with E-state index in [1.807, 2.05) is 54.5 Å². The van der Waals surface area contributed by atoms with E-state index < -0.39 is 17.9 Å². The van der Waals surface area contributed by atoms with Crippen LogP contribution in [0.3, 0.4) is 0 Å². The van der Waals surface area contributed by atoms with Crippen molar-refractivity contribution in [1.82, 2.24) is 4.90 Å². The molecular formula is C23H21ClN2O3S. The van der Waals surface area contributed by atoms with Crippen LogP contribution in [-0.4, -0.2) is 40.6 Å². The fourth-order valence-corrected chi connectivity index (χ4v) is 5.93. The fraction of sp³-hybridized carbons (Fsp3) is 0.348. The van der Waals surface area contributed by atoms with Gasteiger partial charge in [-0.25, -0.2) is 0 Å². The lowest BCUT2D eigenvalue weighted by Crippen LogP contribution is -2.50. The van der Waals surface area contributed by atoms with Crippen LogP contribution in [0.5, 0.6) is 0 Å². The molecule has 3 aliphatic rings. The quantitative estimate of drug-likeness (QED) is 0.526. The highest BCUT2D eigenvalue weighted by Crippen LogP contribution is 2.50. The van der Waals surface area contributed by atoms with Crippen LogP contribution in [0, 0.1) is 11.8 Å². The predicted octanol–water partition coefficient (Wildman–Crippen LogP) is 4.27. The Hall–Kier alpha value is -2.44. The smallest absolute Gasteiger partial charge is 0.236 e. The lowest BCUT2D eigenvalue weighted by molar-refractivity contribution is -0.142. The normalized spacial score (nSPS) is 27.8. The number of anilines is 1. The Bertz CT molecular complexity index is 1080. The lowest BCUT2D eigenvalue weighted by Gasteiger charge is -2.37. The molecule has 2 amide bonds. The van der Waals surface area contributed by atoms with Crippen molar-refractivity contribution in [3.63, 3.8) is 0 Å². The summed E-state index contributed by atoms with van der Waals surface area (Å²) >= 11 is 7.54. The number of imide groups is 1. The third-order valence-corrected chi connectivity index (χ3v) is 7.69. The van der Waals surface area contributed by atoms with Crippen molar-refractivity contribution in [3.8, 4) is 0 Å². The summed E-state index contributed by atoms with van der Waals surface area (Å²) in [5.41, 5.74) is 1.73. The third kappa shape index (κ3) is 2.63. The third-order valence-electron chi connectivity index (χ3n) is 6.57. The van der Waals surface area contributed by atoms with Gasteiger partial charge in [-0.05, 0) is 48.6 Å². The Kier molecular flexibility index (Phi) is 4.60. The van der Waals surface area contributed by atoms with Gasteiger partial charge >= 0.3 is 0 Å². The van der Waals surface area contributed by atoms with Crippen molar-refractivity contribution in [2.45, 2.75) is 38.4 Å². The minimum Gasteiger partial charge on any atom is -0.352 e. The molecular weight excluding hydrogens is 420 g/mol. The van der Waals surface area contributed by atoms with Crippen LogP contribution in [0.2, 0.25) is 5.02 Å². The van der Waals surface area contributed by atoms with E-state index in [4.69, 9.17) is 11.6 Å². The number of carbonyl (C=O) groups excluding carboxylic acids is 3. The van der Waals surface area contributed by atoms with Gasteiger partial charge in [0, 0.05) is 16.8 Å². The minimum atomic E-state index is -0.714. The van der Waals surface area contributed by atoms with Crippen LogP contribution in [-0.2, 0) is 9.59 Å². The van der Waals surface area contributed by atoms with E-state index in [2.05, 4.69) is 0 Å². The van der Waals surface area contributed by atoms with Gasteiger partial charge in [-0.3, -0.25) is 19.3 Å². The number of hydrogen-bond donors (Lipinski definition) is 0. The van der Waals surface area contributed by atoms with Crippen LogP contribution < -0.4 is 4.90 Å². The Morgan fingerprint density at radius 1 is 1.20 bits per heavy atom. The van der Waals surface area contributed by atoms with Crippen molar-refractivity contribution >= 4 is 52.3 Å². The first-order valence-electron chi connectivity index (χ1n) is 10.1. The van der Waals surface area contributed by atoms with Crippen LogP contribution in [0.1, 0.15) is 35.5 Å². The van der Waals surface area contributed by atoms with E-state index in [1.54, 1.807) is 12.1 Å². The molecule has 0 N–H and O–H groups in total. The first kappa shape index (κ1) is 19.5. The van der Waals surface area contributed by atoms with Crippen LogP contribution >= 0.6 is 22.9 Å². The molecule has 0 spiro atoms. The van der Waals surface area contributed by atoms with Crippen molar-refractivity contribution in [3.05, 3.63) is 57.3 Å². The topological polar surface area (TPSA) is 57.7 Å². The second-order valence-electron chi connectivity index (χ2n) is 8.10. The Labute approximate surface area is 183 Å². The van der Waals surface area contributed by atoms with Gasteiger partial charge in [-0.1, -0.05) is 36.7 Å². The second kappa shape index (κ2) is 7.06. The van der Waals surface area contributed by atoms with Gasteiger partial charge in [0.15, 0.2) is 5.78 Å². The molecule has 1 aromatic carbocycles. The molecule has 0 unspecified atom stereocenters. The zero-order valence-electron chi connectivity index (χ0n) is 16.6. The number of carbonyl (C=O) groups is 3. The van der Waals surface area contributed by atoms with Gasteiger partial charge in [-0.2, -0.15) is 0 Å². The van der Waals surface area contributed by atoms with Crippen LogP contribution in [0.15, 0.2) is 41.8 Å². The summed E-state index contributed by atoms with van der Waals surface area (Å²) in [5.74, 6) is -1.74. The summed E-state index contributed by atoms with van der Waals surface area (Å²) in [6, 6.07) is 7.90. The molecule has 0 aliphatic carbocycles. The van der Waals surface area contributed by atoms with E-state index in [-0.39, 0.29) is 29.7 Å². The fourth-order valence-electron chi connectivity index (χ4n) is 5.05. The first-order chi connectivity index (χ1) is 14.4. The number of halogens is 1. The SMILES string of the molecule is CC[C@H](C)N1C(=O)[C@@H]2[C@@H](C1=O)[C@@H]1C=Cc3cc(Cl)ccc3N1[C@@H]2C(=O)c1cccs1. The number of Topliss-reactive ketones (excluding diaryl/α,β-unsaturated/α-hetero) is 1. The molecule has 0 radical (unpaired) electrons. The first-order valence-corrected chi connectivity index (χ1v) is 11.4. The van der Waals surface area contributed by atoms with E-state index >= 15 is 0 Å². The molecule has 0 saturated carbocycles. The zero-order chi connectivity index (χ0) is 21.2. The second-order valence-corrected chi connectivity index (χ2v) is 9.49. The number of amides is 2. The van der Waals surface area contributed by atoms with E-state index in [9.17, 15) is 14.4 Å². The van der Waals surface area contributed by atoms with Crippen LogP contribution in [0.25, 0.3) is 6.08 Å². The summed E-state index contributed by atoms with van der Waals surface area (Å²) in [6.07, 6.45) is 4.58. The van der Waals surface area contributed by atoms with Gasteiger partial charge in [0.25, 0.3) is 0 Å². The molecule has 154 valence electrons. The van der Waals surface area contributed by atoms with Crippen molar-refractivity contribution in [1.29, 1.82) is 0 Å². The Morgan fingerprint density at radius 3 is 2.67 bits per heavy atom. The summed E-state index contributed by atoms with van der Waals surface area (Å²) in [5, 5.41) is 2.46. The van der Waals surface area contributed by atoms with Crippen molar-refractivity contribution < 1.29 is 14.4 Å². The number of thiophene rings is 1. The Morgan fingerprint density at radius 2 is 1.97 bits per heavy atom. The highest BCUT2D eigenvalue weighted by molar-refractivity contribution is 7.12. The van der Waals surface area contributed by atoms with E-state index in [0.717, 1.165) is 11.3 Å². The molecule has 30 heavy (non-hydrogen) atoms. The van der Waals surface area contributed by atoms with Gasteiger partial charge < -0.3 is 4.90 Å². The molecule has 5 atom stereocenters. The summed E-state index contributed by atoms with van der Waals surface area (Å²) in [6.45, 7) is 3.85. The lowest BCUT2D eigenvalue weighted by atomic mass is 9.87. The molecule has 7 heteroatoms. The average molecular weight is 441 g/mol. The maximum absolute atomic E-state index is 13.6. The maximum atomic E-state index is 13.6. The largest absolute Gasteiger partial charge is 0.352 e. The number of hydrogen-bond acceptors (Lipinski definition) is 5. The van der Waals surface area contributed by atoms with Gasteiger partial charge in [-0.15, -0.1) is 11.3 Å². The van der Waals surface area contributed by atoms with Crippen molar-refractivity contribution in [2.75, 3.05) is 4.90 Å². The molecule has 5 rings (SSSR count). The van der Waals surface area contributed by atoms with Gasteiger partial charge in [0.05, 0.1) is 22.8 Å². The maximum Gasteiger partial charge on any atom is 0.236 e. The van der Waals surface area contributed by atoms with Crippen molar-refractivity contribution in [2.24, 2.45) is 11.8 Å². The van der Waals surface area contributed by atoms with E-state index in [0.29, 0.717) is 16.3 Å². The number of nitrogens with zero attached hydrogens (tertiary/aromatic N) is 2. The highest BCUT2D eigenvalue weighted by Gasteiger charge is 2.64. The van der Waals surface area contributed by atoms with E-state index in [1.165, 1.54) is 16.2 Å². The van der Waals surface area contributed by atoms with Crippen LogP contribution in [0.4, 0.5) is 5.69 Å². The molecule has 0 bridgehead atoms. The van der Waals surface area contributed by atoms with Gasteiger partial charge in [0.2, 0.25) is 11.8 Å². The molecule has 1 aromatic heterocycles. The highest BCUT2D eigenvalue weighted by atomic mass is 35.5. The number of ketones is 1. The summed E-state index contributed by atoms with van der Waals surface area (Å²) in [7, 11) is 0. The molecule has 2 saturated heterocycles. The molecule has 5 nitrogen and oxygen atoms in total. The predicted molar refractivity (Wildman–Crippen MR) is 118 cm³/mol. The number of rotatable bonds is 4. The molecule has 2 fully saturated rings. The minimum absolute atomic E-state index is 0.106. The average Bonchev–Trinajstić information content (AvgIpc) is 3.43. The summed E-state index contributed by atoms with van der Waals surface area (Å²) < 4.78 is 0. The molecule has 4 heterocycles. The number of benzene rings is 1. The summed E-state index contributed by atoms with van der Waals surface area (Å²) in [4.78, 5) is 44.5. The molecule has 3 aliphatic heterocycles. The van der Waals surface area contributed by atoms with Gasteiger partial charge in [0.1, 0.15) is 6.04 Å². The number of likely N-dealkylation sites (tertiary alicyclic amines) is 1.